The van der Waals surface area contributed by atoms with Gasteiger partial charge in [-0.1, -0.05) is 12.1 Å². The molecule has 5 rings (SSSR count). The van der Waals surface area contributed by atoms with Crippen LogP contribution in [-0.4, -0.2) is 76.7 Å². The molecule has 1 aromatic carbocycles. The number of likely N-dealkylation sites (tertiary alicyclic amines) is 1. The molecule has 2 aliphatic rings. The maximum Gasteiger partial charge on any atom is 0.160 e. The van der Waals surface area contributed by atoms with Gasteiger partial charge in [0.2, 0.25) is 0 Å². The largest absolute Gasteiger partial charge is 0.378 e. The number of benzene rings is 1. The van der Waals surface area contributed by atoms with Gasteiger partial charge in [0.15, 0.2) is 12.2 Å². The van der Waals surface area contributed by atoms with Gasteiger partial charge in [-0.15, -0.1) is 0 Å². The molecule has 4 heterocycles. The Morgan fingerprint density at radius 1 is 1.09 bits per heavy atom. The number of fused-ring (bicyclic) bond motifs is 1. The fourth-order valence-electron chi connectivity index (χ4n) is 4.44. The first-order valence-corrected chi connectivity index (χ1v) is 11.2. The predicted molar refractivity (Wildman–Crippen MR) is 124 cm³/mol. The maximum atomic E-state index is 9.77. The molecular weight excluding hydrogens is 406 g/mol. The van der Waals surface area contributed by atoms with Crippen molar-refractivity contribution >= 4 is 22.5 Å². The highest BCUT2D eigenvalue weighted by Crippen LogP contribution is 2.28. The zero-order valence-corrected chi connectivity index (χ0v) is 18.0. The minimum Gasteiger partial charge on any atom is -0.378 e. The number of anilines is 2. The maximum absolute atomic E-state index is 9.77. The summed E-state index contributed by atoms with van der Waals surface area (Å²) in [4.78, 5) is 18.2. The van der Waals surface area contributed by atoms with Crippen LogP contribution >= 0.6 is 0 Å². The number of aliphatic hydroxyl groups is 1. The lowest BCUT2D eigenvalue weighted by molar-refractivity contribution is -0.00546. The standard InChI is InChI=1S/C23H29N7O2/c24-23(31)30-9-1-2-17(15-30)27-22-21-20(25-7-8-26-21)14-19(28-22)16-3-5-18(6-4-16)29-10-12-32-13-11-29/h3-8,14,17,23,31H,1-2,9-13,15,24H2,(H,27,28). The Kier molecular flexibility index (Phi) is 6.13. The second kappa shape index (κ2) is 9.33. The van der Waals surface area contributed by atoms with Crippen molar-refractivity contribution in [2.75, 3.05) is 49.6 Å². The van der Waals surface area contributed by atoms with Gasteiger partial charge in [0.25, 0.3) is 0 Å². The first-order valence-electron chi connectivity index (χ1n) is 11.2. The van der Waals surface area contributed by atoms with E-state index in [0.29, 0.717) is 12.4 Å². The molecule has 168 valence electrons. The molecule has 32 heavy (non-hydrogen) atoms. The smallest absolute Gasteiger partial charge is 0.160 e. The number of hydrogen-bond acceptors (Lipinski definition) is 9. The zero-order chi connectivity index (χ0) is 21.9. The van der Waals surface area contributed by atoms with Crippen molar-refractivity contribution in [3.05, 3.63) is 42.7 Å². The zero-order valence-electron chi connectivity index (χ0n) is 18.0. The Morgan fingerprint density at radius 3 is 2.66 bits per heavy atom. The molecule has 2 atom stereocenters. The number of aliphatic hydroxyl groups excluding tert-OH is 1. The summed E-state index contributed by atoms with van der Waals surface area (Å²) < 4.78 is 5.45. The number of aromatic nitrogens is 3. The first-order chi connectivity index (χ1) is 15.7. The van der Waals surface area contributed by atoms with Crippen molar-refractivity contribution in [3.63, 3.8) is 0 Å². The first kappa shape index (κ1) is 21.0. The molecule has 2 fully saturated rings. The molecule has 0 saturated carbocycles. The number of morpholine rings is 1. The number of nitrogens with zero attached hydrogens (tertiary/aromatic N) is 5. The van der Waals surface area contributed by atoms with Crippen LogP contribution in [0.4, 0.5) is 11.5 Å². The van der Waals surface area contributed by atoms with E-state index >= 15 is 0 Å². The van der Waals surface area contributed by atoms with Gasteiger partial charge in [-0.2, -0.15) is 0 Å². The van der Waals surface area contributed by atoms with Crippen molar-refractivity contribution < 1.29 is 9.84 Å². The van der Waals surface area contributed by atoms with Crippen LogP contribution in [0.5, 0.6) is 0 Å². The van der Waals surface area contributed by atoms with E-state index in [0.717, 1.165) is 68.0 Å². The fourth-order valence-corrected chi connectivity index (χ4v) is 4.44. The number of nitrogens with one attached hydrogen (secondary N) is 1. The van der Waals surface area contributed by atoms with Crippen molar-refractivity contribution in [3.8, 4) is 11.3 Å². The molecule has 0 spiro atoms. The van der Waals surface area contributed by atoms with Gasteiger partial charge in [-0.25, -0.2) is 9.97 Å². The molecule has 4 N–H and O–H groups in total. The minimum atomic E-state index is -0.944. The Balaban J connectivity index is 1.43. The third-order valence-corrected chi connectivity index (χ3v) is 6.16. The number of piperidine rings is 1. The van der Waals surface area contributed by atoms with Crippen LogP contribution in [0.3, 0.4) is 0 Å². The van der Waals surface area contributed by atoms with Crippen molar-refractivity contribution in [2.45, 2.75) is 25.2 Å². The SMILES string of the molecule is NC(O)N1CCCC(Nc2nc(-c3ccc(N4CCOCC4)cc3)cc3nccnc23)C1. The highest BCUT2D eigenvalue weighted by Gasteiger charge is 2.24. The monoisotopic (exact) mass is 435 g/mol. The van der Waals surface area contributed by atoms with E-state index < -0.39 is 6.35 Å². The molecule has 0 bridgehead atoms. The second-order valence-electron chi connectivity index (χ2n) is 8.32. The number of nitrogens with two attached hydrogens (primary N) is 1. The van der Waals surface area contributed by atoms with Crippen LogP contribution in [0, 0.1) is 0 Å². The molecule has 9 nitrogen and oxygen atoms in total. The Bertz CT molecular complexity index is 1050. The van der Waals surface area contributed by atoms with Crippen LogP contribution < -0.4 is 16.0 Å². The van der Waals surface area contributed by atoms with Crippen LogP contribution in [0.1, 0.15) is 12.8 Å². The van der Waals surface area contributed by atoms with E-state index in [1.807, 2.05) is 11.0 Å². The molecule has 0 aliphatic carbocycles. The quantitative estimate of drug-likeness (QED) is 0.515. The lowest BCUT2D eigenvalue weighted by Crippen LogP contribution is -2.50. The summed E-state index contributed by atoms with van der Waals surface area (Å²) in [5.74, 6) is 0.709. The lowest BCUT2D eigenvalue weighted by Gasteiger charge is -2.34. The van der Waals surface area contributed by atoms with Crippen molar-refractivity contribution in [1.82, 2.24) is 19.9 Å². The molecule has 2 aromatic heterocycles. The van der Waals surface area contributed by atoms with Gasteiger partial charge in [0.05, 0.1) is 24.4 Å². The van der Waals surface area contributed by atoms with Gasteiger partial charge in [-0.05, 0) is 31.0 Å². The van der Waals surface area contributed by atoms with Crippen LogP contribution in [0.2, 0.25) is 0 Å². The van der Waals surface area contributed by atoms with Gasteiger partial charge >= 0.3 is 0 Å². The van der Waals surface area contributed by atoms with Crippen LogP contribution in [0.15, 0.2) is 42.7 Å². The third kappa shape index (κ3) is 4.51. The minimum absolute atomic E-state index is 0.124. The Hall–Kier alpha value is -2.85. The fraction of sp³-hybridized carbons (Fsp3) is 0.435. The van der Waals surface area contributed by atoms with Crippen LogP contribution in [-0.2, 0) is 4.74 Å². The molecular formula is C23H29N7O2. The average molecular weight is 436 g/mol. The van der Waals surface area contributed by atoms with E-state index in [4.69, 9.17) is 15.5 Å². The number of hydrogen-bond donors (Lipinski definition) is 3. The van der Waals surface area contributed by atoms with Gasteiger partial charge in [0, 0.05) is 55.9 Å². The molecule has 2 aliphatic heterocycles. The summed E-state index contributed by atoms with van der Waals surface area (Å²) in [5, 5.41) is 13.3. The summed E-state index contributed by atoms with van der Waals surface area (Å²) >= 11 is 0. The summed E-state index contributed by atoms with van der Waals surface area (Å²) in [6, 6.07) is 10.6. The van der Waals surface area contributed by atoms with Gasteiger partial charge < -0.3 is 20.1 Å². The molecule has 9 heteroatoms. The summed E-state index contributed by atoms with van der Waals surface area (Å²) in [6.07, 6.45) is 4.37. The van der Waals surface area contributed by atoms with Crippen molar-refractivity contribution in [2.24, 2.45) is 5.73 Å². The topological polar surface area (TPSA) is 113 Å². The Morgan fingerprint density at radius 2 is 1.88 bits per heavy atom. The van der Waals surface area contributed by atoms with Crippen molar-refractivity contribution in [1.29, 1.82) is 0 Å². The van der Waals surface area contributed by atoms with E-state index in [1.54, 1.807) is 12.4 Å². The van der Waals surface area contributed by atoms with E-state index in [9.17, 15) is 5.11 Å². The van der Waals surface area contributed by atoms with Gasteiger partial charge in [0.1, 0.15) is 5.52 Å². The van der Waals surface area contributed by atoms with Gasteiger partial charge in [-0.3, -0.25) is 15.6 Å². The number of ether oxygens (including phenoxy) is 1. The van der Waals surface area contributed by atoms with E-state index in [2.05, 4.69) is 44.5 Å². The molecule has 2 unspecified atom stereocenters. The molecule has 3 aromatic rings. The lowest BCUT2D eigenvalue weighted by atomic mass is 10.1. The van der Waals surface area contributed by atoms with Crippen LogP contribution in [0.25, 0.3) is 22.3 Å². The summed E-state index contributed by atoms with van der Waals surface area (Å²) in [5.41, 5.74) is 10.3. The molecule has 0 amide bonds. The average Bonchev–Trinajstić information content (AvgIpc) is 2.85. The number of pyridine rings is 1. The highest BCUT2D eigenvalue weighted by atomic mass is 16.5. The molecule has 0 radical (unpaired) electrons. The second-order valence-corrected chi connectivity index (χ2v) is 8.32. The van der Waals surface area contributed by atoms with E-state index in [1.165, 1.54) is 5.69 Å². The predicted octanol–water partition coefficient (Wildman–Crippen LogP) is 1.64. The van der Waals surface area contributed by atoms with E-state index in [-0.39, 0.29) is 6.04 Å². The number of rotatable bonds is 5. The highest BCUT2D eigenvalue weighted by molar-refractivity contribution is 5.88. The summed E-state index contributed by atoms with van der Waals surface area (Å²) in [6.45, 7) is 4.79. The normalized spacial score (nSPS) is 20.9. The summed E-state index contributed by atoms with van der Waals surface area (Å²) in [7, 11) is 0. The third-order valence-electron chi connectivity index (χ3n) is 6.16. The Labute approximate surface area is 187 Å². The molecule has 2 saturated heterocycles.